The Morgan fingerprint density at radius 1 is 0.439 bits per heavy atom. The van der Waals surface area contributed by atoms with Crippen molar-refractivity contribution in [2.75, 3.05) is 9.80 Å². The van der Waals surface area contributed by atoms with Crippen LogP contribution in [0.4, 0.5) is 34.1 Å². The first-order chi connectivity index (χ1) is 20.2. The number of hydrogen-bond acceptors (Lipinski definition) is 2. The van der Waals surface area contributed by atoms with E-state index in [1.54, 1.807) is 0 Å². The van der Waals surface area contributed by atoms with Gasteiger partial charge < -0.3 is 9.80 Å². The van der Waals surface area contributed by atoms with Gasteiger partial charge >= 0.3 is 0 Å². The summed E-state index contributed by atoms with van der Waals surface area (Å²) in [7, 11) is 0. The monoisotopic (exact) mass is 524 g/mol. The molecular weight excluding hydrogens is 495 g/mol. The molecule has 0 atom stereocenters. The Labute approximate surface area is 242 Å². The fourth-order valence-corrected chi connectivity index (χ4v) is 6.96. The molecule has 3 heteroatoms. The summed E-state index contributed by atoms with van der Waals surface area (Å²) in [4.78, 5) is 4.96. The predicted octanol–water partition coefficient (Wildman–Crippen LogP) is 8.05. The van der Waals surface area contributed by atoms with Gasteiger partial charge in [0.25, 0.3) is 6.71 Å². The summed E-state index contributed by atoms with van der Waals surface area (Å²) in [6, 6.07) is 50.9. The molecule has 0 fully saturated rings. The second-order valence-corrected chi connectivity index (χ2v) is 11.1. The standard InChI is InChI=1S/C38H29BN2/c1-26-22-27(2)37-34(23-26)41(31-18-10-5-11-19-31)36-25-29(28-14-6-3-7-15-28)24-35-38(36)39(37)32-20-12-13-21-33(32)40(35)30-16-8-4-9-17-30/h3-25H,1-2H3. The summed E-state index contributed by atoms with van der Waals surface area (Å²) in [5.41, 5.74) is 16.5. The number of anilines is 6. The molecule has 2 nitrogen and oxygen atoms in total. The number of rotatable bonds is 3. The van der Waals surface area contributed by atoms with Crippen LogP contribution in [0.3, 0.4) is 0 Å². The van der Waals surface area contributed by atoms with E-state index in [9.17, 15) is 0 Å². The van der Waals surface area contributed by atoms with E-state index in [0.29, 0.717) is 0 Å². The molecule has 8 rings (SSSR count). The van der Waals surface area contributed by atoms with Gasteiger partial charge in [-0.15, -0.1) is 0 Å². The van der Waals surface area contributed by atoms with Crippen molar-refractivity contribution in [3.8, 4) is 11.1 Å². The van der Waals surface area contributed by atoms with E-state index in [4.69, 9.17) is 0 Å². The summed E-state index contributed by atoms with van der Waals surface area (Å²) in [5, 5.41) is 0. The second-order valence-electron chi connectivity index (χ2n) is 11.1. The highest BCUT2D eigenvalue weighted by molar-refractivity contribution is 7.00. The lowest BCUT2D eigenvalue weighted by Gasteiger charge is -2.45. The fraction of sp³-hybridized carbons (Fsp3) is 0.0526. The van der Waals surface area contributed by atoms with Crippen LogP contribution in [0.2, 0.25) is 0 Å². The molecule has 0 bridgehead atoms. The third kappa shape index (κ3) is 3.66. The van der Waals surface area contributed by atoms with Crippen molar-refractivity contribution < 1.29 is 0 Å². The SMILES string of the molecule is Cc1cc(C)c2c(c1)N(c1ccccc1)c1cc(-c3ccccc3)cc3c1B2c1ccccc1N3c1ccccc1. The van der Waals surface area contributed by atoms with Crippen LogP contribution >= 0.6 is 0 Å². The van der Waals surface area contributed by atoms with Crippen molar-refractivity contribution in [1.29, 1.82) is 0 Å². The van der Waals surface area contributed by atoms with Crippen LogP contribution in [-0.4, -0.2) is 6.71 Å². The Morgan fingerprint density at radius 3 is 1.59 bits per heavy atom. The Hall–Kier alpha value is -5.02. The minimum Gasteiger partial charge on any atom is -0.311 e. The van der Waals surface area contributed by atoms with Gasteiger partial charge in [-0.1, -0.05) is 96.6 Å². The molecule has 41 heavy (non-hydrogen) atoms. The number of hydrogen-bond donors (Lipinski definition) is 0. The van der Waals surface area contributed by atoms with Crippen molar-refractivity contribution in [3.05, 3.63) is 151 Å². The first kappa shape index (κ1) is 23.8. The number of para-hydroxylation sites is 3. The van der Waals surface area contributed by atoms with E-state index < -0.39 is 0 Å². The average Bonchev–Trinajstić information content (AvgIpc) is 3.02. The lowest BCUT2D eigenvalue weighted by atomic mass is 9.32. The highest BCUT2D eigenvalue weighted by Gasteiger charge is 2.44. The third-order valence-electron chi connectivity index (χ3n) is 8.57. The number of nitrogens with zero attached hydrogens (tertiary/aromatic N) is 2. The topological polar surface area (TPSA) is 6.48 Å². The first-order valence-corrected chi connectivity index (χ1v) is 14.3. The van der Waals surface area contributed by atoms with Gasteiger partial charge in [0, 0.05) is 34.1 Å². The van der Waals surface area contributed by atoms with Gasteiger partial charge in [0.15, 0.2) is 0 Å². The summed E-state index contributed by atoms with van der Waals surface area (Å²) in [6.45, 7) is 4.63. The highest BCUT2D eigenvalue weighted by Crippen LogP contribution is 2.46. The summed E-state index contributed by atoms with van der Waals surface area (Å²) >= 11 is 0. The molecule has 6 aromatic rings. The van der Waals surface area contributed by atoms with Crippen molar-refractivity contribution in [1.82, 2.24) is 0 Å². The Bertz CT molecular complexity index is 1920. The van der Waals surface area contributed by atoms with E-state index in [1.807, 2.05) is 0 Å². The quantitative estimate of drug-likeness (QED) is 0.216. The fourth-order valence-electron chi connectivity index (χ4n) is 6.96. The molecule has 0 spiro atoms. The maximum atomic E-state index is 2.49. The summed E-state index contributed by atoms with van der Waals surface area (Å²) in [6.07, 6.45) is 0. The maximum Gasteiger partial charge on any atom is 0.252 e. The summed E-state index contributed by atoms with van der Waals surface area (Å²) < 4.78 is 0. The minimum absolute atomic E-state index is 0.136. The molecule has 2 aliphatic heterocycles. The molecule has 2 heterocycles. The molecule has 0 N–H and O–H groups in total. The highest BCUT2D eigenvalue weighted by atomic mass is 15.2. The van der Waals surface area contributed by atoms with Crippen molar-refractivity contribution in [3.63, 3.8) is 0 Å². The van der Waals surface area contributed by atoms with E-state index >= 15 is 0 Å². The number of benzene rings is 6. The van der Waals surface area contributed by atoms with Gasteiger partial charge in [0.2, 0.25) is 0 Å². The molecule has 194 valence electrons. The van der Waals surface area contributed by atoms with E-state index in [0.717, 1.165) is 0 Å². The van der Waals surface area contributed by atoms with Crippen molar-refractivity contribution >= 4 is 57.2 Å². The zero-order valence-electron chi connectivity index (χ0n) is 23.3. The Balaban J connectivity index is 1.54. The van der Waals surface area contributed by atoms with Crippen molar-refractivity contribution in [2.24, 2.45) is 0 Å². The molecule has 0 aromatic heterocycles. The zero-order valence-corrected chi connectivity index (χ0v) is 23.3. The number of aryl methyl sites for hydroxylation is 2. The number of fused-ring (bicyclic) bond motifs is 4. The lowest BCUT2D eigenvalue weighted by molar-refractivity contribution is 1.24. The summed E-state index contributed by atoms with van der Waals surface area (Å²) in [5.74, 6) is 0. The molecule has 2 aliphatic rings. The van der Waals surface area contributed by atoms with Crippen LogP contribution in [0.1, 0.15) is 11.1 Å². The van der Waals surface area contributed by atoms with Gasteiger partial charge in [-0.2, -0.15) is 0 Å². The van der Waals surface area contributed by atoms with Crippen LogP contribution in [0.5, 0.6) is 0 Å². The normalized spacial score (nSPS) is 13.0. The minimum atomic E-state index is 0.136. The van der Waals surface area contributed by atoms with Gasteiger partial charge in [0.05, 0.1) is 0 Å². The van der Waals surface area contributed by atoms with Crippen LogP contribution in [0.15, 0.2) is 140 Å². The van der Waals surface area contributed by atoms with Crippen molar-refractivity contribution in [2.45, 2.75) is 13.8 Å². The Kier molecular flexibility index (Phi) is 5.40. The maximum absolute atomic E-state index is 2.49. The average molecular weight is 524 g/mol. The van der Waals surface area contributed by atoms with Gasteiger partial charge in [-0.05, 0) is 95.5 Å². The predicted molar refractivity (Wildman–Crippen MR) is 175 cm³/mol. The van der Waals surface area contributed by atoms with E-state index in [-0.39, 0.29) is 6.71 Å². The van der Waals surface area contributed by atoms with Crippen LogP contribution in [0, 0.1) is 13.8 Å². The zero-order chi connectivity index (χ0) is 27.5. The van der Waals surface area contributed by atoms with Crippen LogP contribution < -0.4 is 26.2 Å². The van der Waals surface area contributed by atoms with E-state index in [2.05, 4.69) is 163 Å². The van der Waals surface area contributed by atoms with Gasteiger partial charge in [-0.3, -0.25) is 0 Å². The largest absolute Gasteiger partial charge is 0.311 e. The molecule has 0 saturated carbocycles. The molecule has 0 saturated heterocycles. The van der Waals surface area contributed by atoms with Crippen LogP contribution in [0.25, 0.3) is 11.1 Å². The van der Waals surface area contributed by atoms with E-state index in [1.165, 1.54) is 72.8 Å². The molecular formula is C38H29BN2. The lowest BCUT2D eigenvalue weighted by Crippen LogP contribution is -2.62. The molecule has 0 unspecified atom stereocenters. The molecule has 0 aliphatic carbocycles. The third-order valence-corrected chi connectivity index (χ3v) is 8.57. The first-order valence-electron chi connectivity index (χ1n) is 14.3. The molecule has 0 radical (unpaired) electrons. The Morgan fingerprint density at radius 2 is 0.951 bits per heavy atom. The second kappa shape index (κ2) is 9.28. The van der Waals surface area contributed by atoms with Gasteiger partial charge in [-0.25, -0.2) is 0 Å². The van der Waals surface area contributed by atoms with Gasteiger partial charge in [0.1, 0.15) is 0 Å². The smallest absolute Gasteiger partial charge is 0.252 e. The molecule has 6 aromatic carbocycles. The molecule has 0 amide bonds. The van der Waals surface area contributed by atoms with Crippen LogP contribution in [-0.2, 0) is 0 Å².